The number of nitrogens with one attached hydrogen (secondary N) is 2. The maximum absolute atomic E-state index is 11.6. The molecule has 0 radical (unpaired) electrons. The number of rotatable bonds is 5. The molecule has 3 aromatic heterocycles. The standard InChI is InChI=1S/C13H19N5O4.C5H3Cl2N3O2.C5H5N3O4.C4H9NO.Cl3OP/c1-10-14-12(16-2-6-21-7-3-16)11(18(19)20)13(15-10)17-4-8-22-9-5-17;1-2-8-4(6)3(10(11)12)5(7)9-2;1-2-6-4(9)3(8(11)12)5(10)7-2;1-3-6-4-2-5-1;1-5(2,3)4/h2-9H2,1H3;1H3;1H3,(H2,6,7,9,10);5H,1-4H2;. The molecule has 57 heavy (non-hydrogen) atoms. The molecule has 30 heteroatoms. The first-order chi connectivity index (χ1) is 26.7. The molecule has 24 nitrogen and oxygen atoms in total. The summed E-state index contributed by atoms with van der Waals surface area (Å²) < 4.78 is 25.2. The number of morpholine rings is 3. The largest absolute Gasteiger partial charge is 0.488 e. The number of anilines is 2. The Morgan fingerprint density at radius 1 is 0.667 bits per heavy atom. The van der Waals surface area contributed by atoms with Gasteiger partial charge in [0.1, 0.15) is 17.5 Å². The van der Waals surface area contributed by atoms with Crippen molar-refractivity contribution in [3.63, 3.8) is 0 Å². The monoisotopic (exact) mass is 926 g/mol. The molecule has 316 valence electrons. The molecule has 0 spiro atoms. The molecule has 3 fully saturated rings. The summed E-state index contributed by atoms with van der Waals surface area (Å²) in [5, 5.41) is 40.4. The number of ether oxygens (including phenoxy) is 3. The molecule has 6 rings (SSSR count). The zero-order valence-electron chi connectivity index (χ0n) is 30.2. The third-order valence-electron chi connectivity index (χ3n) is 6.88. The van der Waals surface area contributed by atoms with Crippen molar-refractivity contribution in [3.8, 4) is 5.88 Å². The zero-order chi connectivity index (χ0) is 42.9. The van der Waals surface area contributed by atoms with Gasteiger partial charge in [0.15, 0.2) is 0 Å². The summed E-state index contributed by atoms with van der Waals surface area (Å²) in [5.41, 5.74) is -2.36. The number of hydrogen-bond donors (Lipinski definition) is 3. The molecule has 3 saturated heterocycles. The summed E-state index contributed by atoms with van der Waals surface area (Å²) in [7, 11) is 0. The third kappa shape index (κ3) is 17.7. The van der Waals surface area contributed by atoms with Gasteiger partial charge in [-0.15, -0.1) is 0 Å². The molecule has 0 aromatic carbocycles. The Balaban J connectivity index is 0.000000273. The minimum absolute atomic E-state index is 0.0191. The molecule has 0 saturated carbocycles. The van der Waals surface area contributed by atoms with Crippen LogP contribution in [0.4, 0.5) is 28.7 Å². The highest BCUT2D eigenvalue weighted by Crippen LogP contribution is 2.61. The Morgan fingerprint density at radius 2 is 1.04 bits per heavy atom. The predicted molar refractivity (Wildman–Crippen MR) is 210 cm³/mol. The number of aromatic hydroxyl groups is 1. The molecule has 0 amide bonds. The van der Waals surface area contributed by atoms with E-state index in [2.05, 4.69) is 68.9 Å². The minimum atomic E-state index is -3.22. The summed E-state index contributed by atoms with van der Waals surface area (Å²) >= 11 is 24.8. The molecule has 3 N–H and O–H groups in total. The molecule has 0 bridgehead atoms. The lowest BCUT2D eigenvalue weighted by Crippen LogP contribution is -2.39. The quantitative estimate of drug-likeness (QED) is 0.137. The van der Waals surface area contributed by atoms with Crippen LogP contribution in [0.15, 0.2) is 4.79 Å². The molecule has 3 aromatic rings. The van der Waals surface area contributed by atoms with Crippen molar-refractivity contribution in [1.82, 2.24) is 35.2 Å². The van der Waals surface area contributed by atoms with Gasteiger partial charge in [0, 0.05) is 39.3 Å². The highest BCUT2D eigenvalue weighted by molar-refractivity contribution is 8.24. The number of hydrogen-bond acceptors (Lipinski definition) is 20. The fourth-order valence-electron chi connectivity index (χ4n) is 4.59. The average Bonchev–Trinajstić information content (AvgIpc) is 3.11. The number of aromatic amines is 1. The van der Waals surface area contributed by atoms with E-state index < -0.39 is 37.9 Å². The van der Waals surface area contributed by atoms with Gasteiger partial charge in [-0.1, -0.05) is 23.2 Å². The van der Waals surface area contributed by atoms with Crippen LogP contribution >= 0.6 is 62.1 Å². The van der Waals surface area contributed by atoms with Gasteiger partial charge in [0.2, 0.25) is 21.9 Å². The van der Waals surface area contributed by atoms with Crippen LogP contribution in [-0.2, 0) is 18.8 Å². The second-order valence-corrected chi connectivity index (χ2v) is 18.4. The van der Waals surface area contributed by atoms with E-state index in [0.29, 0.717) is 75.9 Å². The van der Waals surface area contributed by atoms with Crippen LogP contribution in [0, 0.1) is 51.1 Å². The maximum Gasteiger partial charge on any atom is 0.395 e. The molecule has 3 aliphatic rings. The van der Waals surface area contributed by atoms with Crippen molar-refractivity contribution < 1.29 is 38.7 Å². The number of aryl methyl sites for hydroxylation is 3. The van der Waals surface area contributed by atoms with Gasteiger partial charge in [0.05, 0.1) is 54.4 Å². The third-order valence-corrected chi connectivity index (χ3v) is 7.41. The fraction of sp³-hybridized carbons (Fsp3) is 0.556. The molecular weight excluding hydrogens is 893 g/mol. The molecule has 0 unspecified atom stereocenters. The average molecular weight is 929 g/mol. The number of nitro groups is 3. The second-order valence-electron chi connectivity index (χ2n) is 11.0. The van der Waals surface area contributed by atoms with Crippen molar-refractivity contribution in [2.75, 3.05) is 88.7 Å². The summed E-state index contributed by atoms with van der Waals surface area (Å²) in [4.78, 5) is 65.9. The summed E-state index contributed by atoms with van der Waals surface area (Å²) in [6.07, 6.45) is 0. The van der Waals surface area contributed by atoms with Crippen molar-refractivity contribution in [2.45, 2.75) is 20.8 Å². The van der Waals surface area contributed by atoms with Crippen LogP contribution in [-0.4, -0.2) is 129 Å². The Bertz CT molecular complexity index is 1870. The Kier molecular flexibility index (Phi) is 20.9. The van der Waals surface area contributed by atoms with E-state index in [9.17, 15) is 39.7 Å². The SMILES string of the molecule is C1COCCN1.Cc1nc(Cl)c([N+](=O)[O-])c(Cl)n1.Cc1nc(N2CCOCC2)c([N+](=O)[O-])c(N2CCOCC2)n1.Cc1nc(O)c([N+](=O)[O-])c(=O)[nH]1.O=P(Cl)(Cl)Cl. The van der Waals surface area contributed by atoms with Crippen molar-refractivity contribution >= 4 is 90.8 Å². The second kappa shape index (κ2) is 24.2. The first-order valence-electron chi connectivity index (χ1n) is 16.1. The summed E-state index contributed by atoms with van der Waals surface area (Å²) in [5.74, 6) is 0.887. The zero-order valence-corrected chi connectivity index (χ0v) is 34.9. The lowest BCUT2D eigenvalue weighted by atomic mass is 10.3. The Morgan fingerprint density at radius 3 is 1.35 bits per heavy atom. The van der Waals surface area contributed by atoms with Gasteiger partial charge >= 0.3 is 27.8 Å². The van der Waals surface area contributed by atoms with E-state index >= 15 is 0 Å². The van der Waals surface area contributed by atoms with Gasteiger partial charge in [0.25, 0.3) is 5.88 Å². The van der Waals surface area contributed by atoms with E-state index in [1.165, 1.54) is 6.92 Å². The smallest absolute Gasteiger partial charge is 0.395 e. The van der Waals surface area contributed by atoms with Crippen LogP contribution in [0.2, 0.25) is 10.3 Å². The van der Waals surface area contributed by atoms with Crippen LogP contribution in [0.3, 0.4) is 0 Å². The van der Waals surface area contributed by atoms with Gasteiger partial charge in [-0.3, -0.25) is 39.7 Å². The highest BCUT2D eigenvalue weighted by Gasteiger charge is 2.32. The number of aromatic nitrogens is 6. The van der Waals surface area contributed by atoms with Crippen LogP contribution < -0.4 is 20.7 Å². The topological polar surface area (TPSA) is 310 Å². The molecule has 0 aliphatic carbocycles. The summed E-state index contributed by atoms with van der Waals surface area (Å²) in [6, 6.07) is 0. The highest BCUT2D eigenvalue weighted by atomic mass is 36.0. The molecule has 3 aliphatic heterocycles. The first-order valence-corrected chi connectivity index (χ1v) is 21.3. The van der Waals surface area contributed by atoms with E-state index in [1.807, 2.05) is 9.80 Å². The molecular formula is C27H36Cl5N12O12P. The number of nitrogens with zero attached hydrogens (tertiary/aromatic N) is 10. The Hall–Kier alpha value is -3.84. The maximum atomic E-state index is 11.6. The van der Waals surface area contributed by atoms with Crippen molar-refractivity contribution in [2.24, 2.45) is 0 Å². The first kappa shape index (κ1) is 49.3. The van der Waals surface area contributed by atoms with Crippen molar-refractivity contribution in [3.05, 3.63) is 68.5 Å². The normalized spacial score (nSPS) is 15.2. The molecule has 6 heterocycles. The van der Waals surface area contributed by atoms with Gasteiger partial charge in [-0.2, -0.15) is 4.98 Å². The minimum Gasteiger partial charge on any atom is -0.488 e. The van der Waals surface area contributed by atoms with Crippen molar-refractivity contribution in [1.29, 1.82) is 0 Å². The van der Waals surface area contributed by atoms with E-state index in [-0.39, 0.29) is 26.7 Å². The van der Waals surface area contributed by atoms with E-state index in [1.54, 1.807) is 13.8 Å². The van der Waals surface area contributed by atoms with Gasteiger partial charge in [-0.25, -0.2) is 19.9 Å². The van der Waals surface area contributed by atoms with Gasteiger partial charge in [-0.05, 0) is 54.5 Å². The Labute approximate surface area is 347 Å². The fourth-order valence-corrected chi connectivity index (χ4v) is 5.20. The van der Waals surface area contributed by atoms with E-state index in [0.717, 1.165) is 26.3 Å². The lowest BCUT2D eigenvalue weighted by Gasteiger charge is -2.31. The molecule has 0 atom stereocenters. The van der Waals surface area contributed by atoms with Gasteiger partial charge < -0.3 is 39.4 Å². The number of H-pyrrole nitrogens is 1. The van der Waals surface area contributed by atoms with Crippen LogP contribution in [0.5, 0.6) is 5.88 Å². The lowest BCUT2D eigenvalue weighted by molar-refractivity contribution is -0.387. The van der Waals surface area contributed by atoms with E-state index in [4.69, 9.17) is 42.5 Å². The van der Waals surface area contributed by atoms with Crippen LogP contribution in [0.25, 0.3) is 0 Å². The van der Waals surface area contributed by atoms with Crippen LogP contribution in [0.1, 0.15) is 17.5 Å². The predicted octanol–water partition coefficient (Wildman–Crippen LogP) is 4.48. The number of halogens is 5. The summed E-state index contributed by atoms with van der Waals surface area (Å²) in [6.45, 7) is 13.1.